The number of ether oxygens (including phenoxy) is 1. The van der Waals surface area contributed by atoms with Crippen molar-refractivity contribution in [3.05, 3.63) is 58.4 Å². The Morgan fingerprint density at radius 1 is 1.31 bits per heavy atom. The van der Waals surface area contributed by atoms with Crippen molar-refractivity contribution in [3.8, 4) is 5.75 Å². The molecule has 1 atom stereocenters. The van der Waals surface area contributed by atoms with Crippen LogP contribution in [0.2, 0.25) is 0 Å². The van der Waals surface area contributed by atoms with E-state index in [1.165, 1.54) is 18.3 Å². The van der Waals surface area contributed by atoms with Crippen molar-refractivity contribution in [1.82, 2.24) is 30.8 Å². The summed E-state index contributed by atoms with van der Waals surface area (Å²) in [6.07, 6.45) is -2.92. The number of halogens is 3. The first-order valence-corrected chi connectivity index (χ1v) is 8.12. The number of aromatic nitrogens is 6. The second-order valence-electron chi connectivity index (χ2n) is 5.63. The zero-order chi connectivity index (χ0) is 21.4. The van der Waals surface area contributed by atoms with Crippen molar-refractivity contribution < 1.29 is 27.8 Å². The fourth-order valence-electron chi connectivity index (χ4n) is 2.16. The molecule has 3 N–H and O–H groups in total. The normalized spacial score (nSPS) is 12.0. The zero-order valence-corrected chi connectivity index (χ0v) is 15.3. The van der Waals surface area contributed by atoms with Crippen LogP contribution < -0.4 is 4.74 Å². The molecule has 0 aliphatic carbocycles. The Hall–Kier alpha value is -3.48. The number of aromatic amines is 2. The van der Waals surface area contributed by atoms with Crippen molar-refractivity contribution in [2.45, 2.75) is 25.7 Å². The smallest absolute Gasteiger partial charge is 0.573 e. The molecule has 3 rings (SSSR count). The van der Waals surface area contributed by atoms with Gasteiger partial charge in [-0.3, -0.25) is 5.10 Å². The molecule has 0 spiro atoms. The molecule has 0 saturated heterocycles. The van der Waals surface area contributed by atoms with Gasteiger partial charge in [-0.15, -0.1) is 29.4 Å². The predicted octanol–water partition coefficient (Wildman–Crippen LogP) is 2.86. The second-order valence-corrected chi connectivity index (χ2v) is 5.63. The molecule has 29 heavy (non-hydrogen) atoms. The van der Waals surface area contributed by atoms with Crippen LogP contribution in [0.15, 0.2) is 30.5 Å². The van der Waals surface area contributed by atoms with Gasteiger partial charge in [0.25, 0.3) is 0 Å². The molecule has 0 saturated carbocycles. The van der Waals surface area contributed by atoms with Crippen LogP contribution in [-0.2, 0) is 6.42 Å². The van der Waals surface area contributed by atoms with Crippen LogP contribution >= 0.6 is 0 Å². The molecule has 0 bridgehead atoms. The number of tetrazole rings is 1. The first kappa shape index (κ1) is 21.8. The van der Waals surface area contributed by atoms with Crippen molar-refractivity contribution in [3.63, 3.8) is 0 Å². The quantitative estimate of drug-likeness (QED) is 0.565. The number of alkyl halides is 3. The number of benzene rings is 1. The number of nitrogens with one attached hydrogen (secondary N) is 2. The topological polar surface area (TPSA) is 144 Å². The van der Waals surface area contributed by atoms with Gasteiger partial charge in [-0.25, -0.2) is 4.79 Å². The maximum atomic E-state index is 11.8. The van der Waals surface area contributed by atoms with E-state index in [4.69, 9.17) is 5.11 Å². The number of H-pyrrole nitrogens is 2. The van der Waals surface area contributed by atoms with Crippen LogP contribution in [0, 0.1) is 0 Å². The van der Waals surface area contributed by atoms with E-state index in [1.807, 2.05) is 6.92 Å². The van der Waals surface area contributed by atoms with Gasteiger partial charge in [-0.1, -0.05) is 29.8 Å². The number of aromatic carboxylic acids is 1. The molecule has 0 amide bonds. The third kappa shape index (κ3) is 6.88. The standard InChI is InChI=1S/C10H11F3NO.C6H6N6O2/c1-7(14-2)8-3-5-9(6-4-8)15-10(11,12)13;13-6(14)5-3(2-7-10-5)1-4-8-11-12-9-4/h3-7H,1-2H3;2H,1H2,(H,7,10)(H,13,14)(H,8,9,11,12)/q-1;/t7-;/m1./s1. The SMILES string of the molecule is C[N-][C@H](C)c1ccc(OC(F)(F)F)cc1.O=C(O)c1[nH]ncc1Cc1nn[nH]n1. The van der Waals surface area contributed by atoms with Gasteiger partial charge in [-0.2, -0.15) is 17.4 Å². The Kier molecular flexibility index (Phi) is 7.25. The van der Waals surface area contributed by atoms with Crippen molar-refractivity contribution in [2.24, 2.45) is 0 Å². The van der Waals surface area contributed by atoms with Gasteiger partial charge in [0.05, 0.1) is 6.20 Å². The summed E-state index contributed by atoms with van der Waals surface area (Å²) in [7, 11) is 1.66. The molecule has 3 aromatic rings. The molecule has 10 nitrogen and oxygen atoms in total. The number of carbonyl (C=O) groups is 1. The average Bonchev–Trinajstić information content (AvgIpc) is 3.33. The minimum absolute atomic E-state index is 0.0232. The summed E-state index contributed by atoms with van der Waals surface area (Å²) in [5.41, 5.74) is 1.43. The Morgan fingerprint density at radius 2 is 2.00 bits per heavy atom. The summed E-state index contributed by atoms with van der Waals surface area (Å²) in [5.74, 6) is -0.843. The van der Waals surface area contributed by atoms with Gasteiger partial charge in [0.2, 0.25) is 0 Å². The second kappa shape index (κ2) is 9.64. The Labute approximate surface area is 162 Å². The molecule has 0 unspecified atom stereocenters. The van der Waals surface area contributed by atoms with Gasteiger partial charge in [-0.05, 0) is 12.1 Å². The molecule has 0 aliphatic rings. The lowest BCUT2D eigenvalue weighted by Crippen LogP contribution is -2.17. The zero-order valence-electron chi connectivity index (χ0n) is 15.3. The van der Waals surface area contributed by atoms with Crippen molar-refractivity contribution >= 4 is 5.97 Å². The fraction of sp³-hybridized carbons (Fsp3) is 0.312. The van der Waals surface area contributed by atoms with E-state index in [-0.39, 0.29) is 23.9 Å². The molecular weight excluding hydrogens is 395 g/mol. The number of hydrogen-bond acceptors (Lipinski definition) is 6. The molecule has 2 aromatic heterocycles. The van der Waals surface area contributed by atoms with E-state index in [0.29, 0.717) is 11.4 Å². The van der Waals surface area contributed by atoms with Crippen LogP contribution in [-0.4, -0.2) is 55.3 Å². The number of nitrogens with zero attached hydrogens (tertiary/aromatic N) is 5. The number of hydrogen-bond donors (Lipinski definition) is 3. The summed E-state index contributed by atoms with van der Waals surface area (Å²) in [5, 5.41) is 31.8. The first-order valence-electron chi connectivity index (χ1n) is 8.12. The minimum Gasteiger partial charge on any atom is -0.659 e. The van der Waals surface area contributed by atoms with Gasteiger partial charge in [0, 0.05) is 12.0 Å². The highest BCUT2D eigenvalue weighted by Gasteiger charge is 2.30. The first-order chi connectivity index (χ1) is 13.7. The Bertz CT molecular complexity index is 895. The molecule has 156 valence electrons. The third-order valence-electron chi connectivity index (χ3n) is 3.65. The number of carboxylic acid groups (broad SMARTS) is 1. The third-order valence-corrected chi connectivity index (χ3v) is 3.65. The van der Waals surface area contributed by atoms with E-state index in [1.54, 1.807) is 19.2 Å². The molecule has 1 aromatic carbocycles. The van der Waals surface area contributed by atoms with Gasteiger partial charge >= 0.3 is 12.3 Å². The van der Waals surface area contributed by atoms with Crippen LogP contribution in [0.25, 0.3) is 5.32 Å². The summed E-state index contributed by atoms with van der Waals surface area (Å²) in [6.45, 7) is 1.86. The van der Waals surface area contributed by atoms with E-state index in [0.717, 1.165) is 5.56 Å². The lowest BCUT2D eigenvalue weighted by Gasteiger charge is -2.23. The van der Waals surface area contributed by atoms with Crippen LogP contribution in [0.3, 0.4) is 0 Å². The lowest BCUT2D eigenvalue weighted by molar-refractivity contribution is -0.274. The molecule has 13 heteroatoms. The van der Waals surface area contributed by atoms with Crippen LogP contribution in [0.5, 0.6) is 5.75 Å². The average molecular weight is 412 g/mol. The predicted molar refractivity (Wildman–Crippen MR) is 93.4 cm³/mol. The Morgan fingerprint density at radius 3 is 2.52 bits per heavy atom. The highest BCUT2D eigenvalue weighted by Crippen LogP contribution is 2.26. The summed E-state index contributed by atoms with van der Waals surface area (Å²) < 4.78 is 39.2. The van der Waals surface area contributed by atoms with Gasteiger partial charge < -0.3 is 15.2 Å². The summed E-state index contributed by atoms with van der Waals surface area (Å²) >= 11 is 0. The summed E-state index contributed by atoms with van der Waals surface area (Å²) in [4.78, 5) is 10.7. The van der Waals surface area contributed by atoms with Crippen molar-refractivity contribution in [2.75, 3.05) is 7.05 Å². The molecule has 2 heterocycles. The van der Waals surface area contributed by atoms with E-state index >= 15 is 0 Å². The lowest BCUT2D eigenvalue weighted by atomic mass is 10.1. The molecular formula is C16H17F3N7O3-. The van der Waals surface area contributed by atoms with Crippen molar-refractivity contribution in [1.29, 1.82) is 0 Å². The van der Waals surface area contributed by atoms with E-state index < -0.39 is 12.3 Å². The van der Waals surface area contributed by atoms with Crippen LogP contribution in [0.1, 0.15) is 40.4 Å². The fourth-order valence-corrected chi connectivity index (χ4v) is 2.16. The highest BCUT2D eigenvalue weighted by atomic mass is 19.4. The molecule has 0 aliphatic heterocycles. The monoisotopic (exact) mass is 412 g/mol. The maximum absolute atomic E-state index is 11.8. The minimum atomic E-state index is -4.64. The maximum Gasteiger partial charge on any atom is 0.573 e. The van der Waals surface area contributed by atoms with Gasteiger partial charge in [0.15, 0.2) is 5.82 Å². The largest absolute Gasteiger partial charge is 0.659 e. The summed E-state index contributed by atoms with van der Waals surface area (Å²) in [6, 6.07) is 5.68. The van der Waals surface area contributed by atoms with E-state index in [9.17, 15) is 18.0 Å². The molecule has 0 fully saturated rings. The van der Waals surface area contributed by atoms with Crippen LogP contribution in [0.4, 0.5) is 13.2 Å². The highest BCUT2D eigenvalue weighted by molar-refractivity contribution is 5.86. The number of carboxylic acids is 1. The van der Waals surface area contributed by atoms with Gasteiger partial charge in [0.1, 0.15) is 11.4 Å². The number of rotatable bonds is 6. The Balaban J connectivity index is 0.000000207. The van der Waals surface area contributed by atoms with E-state index in [2.05, 4.69) is 40.9 Å². The molecule has 0 radical (unpaired) electrons.